The number of hydrogen-bond acceptors (Lipinski definition) is 4. The number of ether oxygens (including phenoxy) is 1. The van der Waals surface area contributed by atoms with Crippen LogP contribution in [0.4, 0.5) is 0 Å². The van der Waals surface area contributed by atoms with Crippen LogP contribution >= 0.6 is 0 Å². The number of fused-ring (bicyclic) bond motifs is 3. The molecule has 0 radical (unpaired) electrons. The van der Waals surface area contributed by atoms with Crippen LogP contribution in [0.15, 0.2) is 42.6 Å². The van der Waals surface area contributed by atoms with E-state index in [0.717, 1.165) is 18.0 Å². The van der Waals surface area contributed by atoms with E-state index in [1.165, 1.54) is 25.9 Å². The molecule has 3 aliphatic heterocycles. The second-order valence-corrected chi connectivity index (χ2v) is 6.98. The lowest BCUT2D eigenvalue weighted by atomic mass is 9.84. The fraction of sp³-hybridized carbons (Fsp3) is 0.400. The summed E-state index contributed by atoms with van der Waals surface area (Å²) in [6, 6.07) is 11.3. The highest BCUT2D eigenvalue weighted by Gasteiger charge is 2.34. The highest BCUT2D eigenvalue weighted by Crippen LogP contribution is 2.28. The summed E-state index contributed by atoms with van der Waals surface area (Å²) in [5.74, 6) is 2.10. The molecule has 1 amide bonds. The molecule has 5 rings (SSSR count). The van der Waals surface area contributed by atoms with E-state index in [4.69, 9.17) is 4.74 Å². The van der Waals surface area contributed by atoms with Crippen molar-refractivity contribution in [2.45, 2.75) is 25.8 Å². The van der Waals surface area contributed by atoms with Crippen LogP contribution in [0.1, 0.15) is 28.9 Å². The zero-order chi connectivity index (χ0) is 17.2. The Balaban J connectivity index is 1.39. The van der Waals surface area contributed by atoms with E-state index in [2.05, 4.69) is 15.2 Å². The monoisotopic (exact) mass is 337 g/mol. The lowest BCUT2D eigenvalue weighted by Gasteiger charge is -2.44. The molecule has 3 fully saturated rings. The Morgan fingerprint density at radius 2 is 1.92 bits per heavy atom. The van der Waals surface area contributed by atoms with Crippen molar-refractivity contribution < 1.29 is 9.53 Å². The van der Waals surface area contributed by atoms with Gasteiger partial charge in [-0.3, -0.25) is 9.78 Å². The van der Waals surface area contributed by atoms with Crippen molar-refractivity contribution in [3.05, 3.63) is 53.9 Å². The average Bonchev–Trinajstić information content (AvgIpc) is 2.63. The fourth-order valence-electron chi connectivity index (χ4n) is 3.77. The van der Waals surface area contributed by atoms with Gasteiger partial charge in [0.05, 0.1) is 0 Å². The van der Waals surface area contributed by atoms with E-state index in [1.807, 2.05) is 43.3 Å². The number of carbonyl (C=O) groups is 1. The zero-order valence-electron chi connectivity index (χ0n) is 14.4. The minimum Gasteiger partial charge on any atom is -0.457 e. The summed E-state index contributed by atoms with van der Waals surface area (Å²) in [6.45, 7) is 5.27. The van der Waals surface area contributed by atoms with Crippen molar-refractivity contribution in [1.82, 2.24) is 15.2 Å². The molecule has 1 N–H and O–H groups in total. The Bertz CT molecular complexity index is 752. The van der Waals surface area contributed by atoms with Crippen molar-refractivity contribution in [3.63, 3.8) is 0 Å². The second kappa shape index (κ2) is 6.84. The highest BCUT2D eigenvalue weighted by atomic mass is 16.5. The maximum atomic E-state index is 12.5. The van der Waals surface area contributed by atoms with Crippen LogP contribution in [0.25, 0.3) is 0 Å². The molecule has 1 aromatic heterocycles. The van der Waals surface area contributed by atoms with Crippen LogP contribution in [0.3, 0.4) is 0 Å². The molecular weight excluding hydrogens is 314 g/mol. The van der Waals surface area contributed by atoms with Gasteiger partial charge >= 0.3 is 0 Å². The predicted molar refractivity (Wildman–Crippen MR) is 95.9 cm³/mol. The van der Waals surface area contributed by atoms with Crippen molar-refractivity contribution in [2.75, 3.05) is 19.6 Å². The van der Waals surface area contributed by atoms with Crippen LogP contribution < -0.4 is 10.1 Å². The molecule has 25 heavy (non-hydrogen) atoms. The molecule has 0 aliphatic carbocycles. The summed E-state index contributed by atoms with van der Waals surface area (Å²) in [4.78, 5) is 19.1. The Hall–Kier alpha value is -2.40. The standard InChI is InChI=1S/C20H23N3O2/c1-14-12-18(6-9-21-14)25-17-4-2-16(3-5-17)20(24)22-19-13-23-10-7-15(19)8-11-23/h2-6,9,12,15,19H,7-8,10-11,13H2,1H3,(H,22,24)/t19-/m0/s1. The maximum absolute atomic E-state index is 12.5. The smallest absolute Gasteiger partial charge is 0.251 e. The van der Waals surface area contributed by atoms with Crippen molar-refractivity contribution in [2.24, 2.45) is 5.92 Å². The van der Waals surface area contributed by atoms with Gasteiger partial charge in [-0.1, -0.05) is 0 Å². The zero-order valence-corrected chi connectivity index (χ0v) is 14.4. The first-order chi connectivity index (χ1) is 12.2. The molecule has 4 heterocycles. The van der Waals surface area contributed by atoms with Crippen molar-refractivity contribution >= 4 is 5.91 Å². The largest absolute Gasteiger partial charge is 0.457 e. The first-order valence-corrected chi connectivity index (χ1v) is 8.91. The SMILES string of the molecule is Cc1cc(Oc2ccc(C(=O)N[C@H]3CN4CCC3CC4)cc2)ccn1. The second-order valence-electron chi connectivity index (χ2n) is 6.98. The van der Waals surface area contributed by atoms with E-state index in [9.17, 15) is 4.79 Å². The van der Waals surface area contributed by atoms with Gasteiger partial charge in [0, 0.05) is 36.1 Å². The van der Waals surface area contributed by atoms with E-state index in [1.54, 1.807) is 6.20 Å². The number of benzene rings is 1. The molecule has 5 heteroatoms. The third-order valence-corrected chi connectivity index (χ3v) is 5.19. The molecule has 3 aliphatic rings. The van der Waals surface area contributed by atoms with Gasteiger partial charge in [0.1, 0.15) is 11.5 Å². The Labute approximate surface area is 148 Å². The van der Waals surface area contributed by atoms with Gasteiger partial charge in [-0.05, 0) is 69.1 Å². The van der Waals surface area contributed by atoms with Crippen molar-refractivity contribution in [3.8, 4) is 11.5 Å². The van der Waals surface area contributed by atoms with Gasteiger partial charge in [-0.2, -0.15) is 0 Å². The molecular formula is C20H23N3O2. The normalized spacial score (nSPS) is 24.8. The number of aryl methyl sites for hydroxylation is 1. The number of rotatable bonds is 4. The summed E-state index contributed by atoms with van der Waals surface area (Å²) in [5.41, 5.74) is 1.58. The van der Waals surface area contributed by atoms with Crippen LogP contribution in [0.2, 0.25) is 0 Å². The van der Waals surface area contributed by atoms with E-state index < -0.39 is 0 Å². The number of nitrogens with one attached hydrogen (secondary N) is 1. The number of pyridine rings is 1. The number of carbonyl (C=O) groups excluding carboxylic acids is 1. The van der Waals surface area contributed by atoms with Gasteiger partial charge in [-0.15, -0.1) is 0 Å². The molecule has 2 aromatic rings. The molecule has 1 atom stereocenters. The van der Waals surface area contributed by atoms with E-state index in [0.29, 0.717) is 17.2 Å². The maximum Gasteiger partial charge on any atom is 0.251 e. The Kier molecular flexibility index (Phi) is 4.40. The first-order valence-electron chi connectivity index (χ1n) is 8.91. The number of piperidine rings is 3. The minimum absolute atomic E-state index is 0.00468. The van der Waals surface area contributed by atoms with Crippen molar-refractivity contribution in [1.29, 1.82) is 0 Å². The average molecular weight is 337 g/mol. The lowest BCUT2D eigenvalue weighted by molar-refractivity contribution is 0.0620. The molecule has 0 unspecified atom stereocenters. The third-order valence-electron chi connectivity index (χ3n) is 5.19. The molecule has 2 bridgehead atoms. The number of amides is 1. The highest BCUT2D eigenvalue weighted by molar-refractivity contribution is 5.94. The summed E-state index contributed by atoms with van der Waals surface area (Å²) in [7, 11) is 0. The van der Waals surface area contributed by atoms with Crippen LogP contribution in [-0.2, 0) is 0 Å². The molecule has 0 saturated carbocycles. The number of hydrogen-bond donors (Lipinski definition) is 1. The molecule has 1 aromatic carbocycles. The van der Waals surface area contributed by atoms with Gasteiger partial charge in [0.25, 0.3) is 5.91 Å². The molecule has 5 nitrogen and oxygen atoms in total. The predicted octanol–water partition coefficient (Wildman–Crippen LogP) is 3.01. The number of nitrogens with zero attached hydrogens (tertiary/aromatic N) is 2. The molecule has 130 valence electrons. The fourth-order valence-corrected chi connectivity index (χ4v) is 3.77. The molecule has 0 spiro atoms. The summed E-state index contributed by atoms with van der Waals surface area (Å²) in [6.07, 6.45) is 4.12. The summed E-state index contributed by atoms with van der Waals surface area (Å²) in [5, 5.41) is 3.21. The van der Waals surface area contributed by atoms with E-state index in [-0.39, 0.29) is 11.9 Å². The van der Waals surface area contributed by atoms with Gasteiger partial charge in [0.15, 0.2) is 0 Å². The topological polar surface area (TPSA) is 54.5 Å². The summed E-state index contributed by atoms with van der Waals surface area (Å²) >= 11 is 0. The molecule has 3 saturated heterocycles. The lowest BCUT2D eigenvalue weighted by Crippen LogP contribution is -2.57. The quantitative estimate of drug-likeness (QED) is 0.932. The summed E-state index contributed by atoms with van der Waals surface area (Å²) < 4.78 is 5.81. The Morgan fingerprint density at radius 1 is 1.16 bits per heavy atom. The van der Waals surface area contributed by atoms with Gasteiger partial charge < -0.3 is 15.0 Å². The van der Waals surface area contributed by atoms with E-state index >= 15 is 0 Å². The first kappa shape index (κ1) is 16.1. The van der Waals surface area contributed by atoms with Gasteiger partial charge in [-0.25, -0.2) is 0 Å². The number of aromatic nitrogens is 1. The minimum atomic E-state index is 0.00468. The van der Waals surface area contributed by atoms with Gasteiger partial charge in [0.2, 0.25) is 0 Å². The van der Waals surface area contributed by atoms with Crippen LogP contribution in [0.5, 0.6) is 11.5 Å². The third kappa shape index (κ3) is 3.66. The van der Waals surface area contributed by atoms with Crippen LogP contribution in [0, 0.1) is 12.8 Å². The Morgan fingerprint density at radius 3 is 2.56 bits per heavy atom. The van der Waals surface area contributed by atoms with Crippen LogP contribution in [-0.4, -0.2) is 41.5 Å².